The van der Waals surface area contributed by atoms with Crippen molar-refractivity contribution < 1.29 is 9.53 Å². The molecule has 21 heavy (non-hydrogen) atoms. The number of halogens is 1. The smallest absolute Gasteiger partial charge is 0.241 e. The Morgan fingerprint density at radius 2 is 2.33 bits per heavy atom. The van der Waals surface area contributed by atoms with E-state index in [0.29, 0.717) is 13.2 Å². The van der Waals surface area contributed by atoms with Crippen LogP contribution in [0, 0.1) is 11.3 Å². The van der Waals surface area contributed by atoms with Crippen LogP contribution in [0.2, 0.25) is 4.34 Å². The number of hydrogen-bond donors (Lipinski definition) is 2. The van der Waals surface area contributed by atoms with Gasteiger partial charge in [-0.2, -0.15) is 0 Å². The van der Waals surface area contributed by atoms with Crippen LogP contribution in [-0.4, -0.2) is 30.7 Å². The van der Waals surface area contributed by atoms with Crippen molar-refractivity contribution >= 4 is 28.8 Å². The average molecular weight is 329 g/mol. The lowest BCUT2D eigenvalue weighted by Gasteiger charge is -2.60. The molecule has 0 bridgehead atoms. The lowest BCUT2D eigenvalue weighted by atomic mass is 9.48. The van der Waals surface area contributed by atoms with Gasteiger partial charge in [-0.1, -0.05) is 25.4 Å². The fourth-order valence-electron chi connectivity index (χ4n) is 3.78. The maximum Gasteiger partial charge on any atom is 0.241 e. The van der Waals surface area contributed by atoms with Crippen molar-refractivity contribution in [1.29, 1.82) is 0 Å². The van der Waals surface area contributed by atoms with Crippen LogP contribution in [0.1, 0.15) is 25.1 Å². The number of fused-ring (bicyclic) bond motifs is 1. The summed E-state index contributed by atoms with van der Waals surface area (Å²) in [6.45, 7) is 5.35. The molecule has 2 heterocycles. The molecule has 1 saturated carbocycles. The molecule has 3 unspecified atom stereocenters. The van der Waals surface area contributed by atoms with E-state index in [9.17, 15) is 4.79 Å². The van der Waals surface area contributed by atoms with Gasteiger partial charge in [-0.05, 0) is 25.0 Å². The minimum atomic E-state index is -0.818. The van der Waals surface area contributed by atoms with E-state index in [1.54, 1.807) is 11.3 Å². The normalized spacial score (nSPS) is 33.3. The Hall–Kier alpha value is -0.620. The summed E-state index contributed by atoms with van der Waals surface area (Å²) in [6, 6.07) is 3.87. The van der Waals surface area contributed by atoms with Gasteiger partial charge in [0.05, 0.1) is 10.4 Å². The Morgan fingerprint density at radius 1 is 1.57 bits per heavy atom. The number of rotatable bonds is 4. The predicted octanol–water partition coefficient (Wildman–Crippen LogP) is 2.20. The largest absolute Gasteiger partial charge is 0.377 e. The van der Waals surface area contributed by atoms with Crippen LogP contribution < -0.4 is 11.1 Å². The number of nitrogens with two attached hydrogens (primary N) is 1. The van der Waals surface area contributed by atoms with Crippen LogP contribution in [0.25, 0.3) is 0 Å². The first-order chi connectivity index (χ1) is 9.87. The van der Waals surface area contributed by atoms with Crippen LogP contribution in [0.3, 0.4) is 0 Å². The highest BCUT2D eigenvalue weighted by molar-refractivity contribution is 7.16. The highest BCUT2D eigenvalue weighted by Gasteiger charge is 2.71. The molecule has 1 amide bonds. The van der Waals surface area contributed by atoms with Crippen molar-refractivity contribution in [2.45, 2.75) is 38.3 Å². The number of carbonyl (C=O) groups is 1. The van der Waals surface area contributed by atoms with Crippen molar-refractivity contribution in [1.82, 2.24) is 5.32 Å². The first kappa shape index (κ1) is 15.3. The molecule has 0 spiro atoms. The lowest BCUT2D eigenvalue weighted by Crippen LogP contribution is -2.80. The van der Waals surface area contributed by atoms with Crippen molar-refractivity contribution in [3.8, 4) is 0 Å². The molecule has 6 heteroatoms. The second-order valence-corrected chi connectivity index (χ2v) is 8.29. The Labute approximate surface area is 134 Å². The van der Waals surface area contributed by atoms with Crippen LogP contribution in [0.15, 0.2) is 12.1 Å². The van der Waals surface area contributed by atoms with E-state index in [0.717, 1.165) is 17.2 Å². The SMILES string of the molecule is CC1(C)C2OCCC2C1(N)C(=O)NCCc1ccc(Cl)s1. The third-order valence-electron chi connectivity index (χ3n) is 5.12. The molecule has 1 saturated heterocycles. The zero-order chi connectivity index (χ0) is 15.3. The first-order valence-electron chi connectivity index (χ1n) is 7.30. The molecule has 0 aromatic carbocycles. The molecular weight excluding hydrogens is 308 g/mol. The fraction of sp³-hybridized carbons (Fsp3) is 0.667. The van der Waals surface area contributed by atoms with Gasteiger partial charge in [0.1, 0.15) is 5.54 Å². The molecule has 1 aromatic rings. The molecule has 2 fully saturated rings. The van der Waals surface area contributed by atoms with Gasteiger partial charge < -0.3 is 15.8 Å². The van der Waals surface area contributed by atoms with E-state index in [-0.39, 0.29) is 23.3 Å². The van der Waals surface area contributed by atoms with Crippen LogP contribution in [0.4, 0.5) is 0 Å². The van der Waals surface area contributed by atoms with E-state index < -0.39 is 5.54 Å². The highest BCUT2D eigenvalue weighted by Crippen LogP contribution is 2.58. The molecular formula is C15H21ClN2O2S. The van der Waals surface area contributed by atoms with Gasteiger partial charge in [-0.25, -0.2) is 0 Å². The van der Waals surface area contributed by atoms with Crippen LogP contribution in [-0.2, 0) is 16.0 Å². The Kier molecular flexibility index (Phi) is 3.81. The number of nitrogens with one attached hydrogen (secondary N) is 1. The van der Waals surface area contributed by atoms with Gasteiger partial charge in [0.15, 0.2) is 0 Å². The van der Waals surface area contributed by atoms with Crippen LogP contribution >= 0.6 is 22.9 Å². The van der Waals surface area contributed by atoms with Gasteiger partial charge in [-0.3, -0.25) is 4.79 Å². The quantitative estimate of drug-likeness (QED) is 0.890. The minimum Gasteiger partial charge on any atom is -0.377 e. The van der Waals surface area contributed by atoms with Gasteiger partial charge in [0.25, 0.3) is 0 Å². The molecule has 0 radical (unpaired) electrons. The summed E-state index contributed by atoms with van der Waals surface area (Å²) in [5.74, 6) is 0.0885. The van der Waals surface area contributed by atoms with Crippen molar-refractivity contribution in [2.24, 2.45) is 17.1 Å². The third-order valence-corrected chi connectivity index (χ3v) is 6.41. The number of hydrogen-bond acceptors (Lipinski definition) is 4. The van der Waals surface area contributed by atoms with Crippen molar-refractivity contribution in [2.75, 3.05) is 13.2 Å². The van der Waals surface area contributed by atoms with Crippen molar-refractivity contribution in [3.63, 3.8) is 0 Å². The van der Waals surface area contributed by atoms with Crippen LogP contribution in [0.5, 0.6) is 0 Å². The van der Waals surface area contributed by atoms with E-state index in [1.807, 2.05) is 26.0 Å². The Morgan fingerprint density at radius 3 is 3.00 bits per heavy atom. The van der Waals surface area contributed by atoms with E-state index in [2.05, 4.69) is 5.32 Å². The van der Waals surface area contributed by atoms with Gasteiger partial charge in [-0.15, -0.1) is 11.3 Å². The molecule has 3 N–H and O–H groups in total. The zero-order valence-corrected chi connectivity index (χ0v) is 13.9. The maximum absolute atomic E-state index is 12.6. The summed E-state index contributed by atoms with van der Waals surface area (Å²) >= 11 is 7.45. The summed E-state index contributed by atoms with van der Waals surface area (Å²) in [5.41, 5.74) is 5.35. The Bertz CT molecular complexity index is 560. The monoisotopic (exact) mass is 328 g/mol. The van der Waals surface area contributed by atoms with Gasteiger partial charge in [0, 0.05) is 29.4 Å². The third kappa shape index (κ3) is 2.22. The van der Waals surface area contributed by atoms with Crippen molar-refractivity contribution in [3.05, 3.63) is 21.3 Å². The number of carbonyl (C=O) groups excluding carboxylic acids is 1. The molecule has 3 rings (SSSR count). The second-order valence-electron chi connectivity index (χ2n) is 6.49. The predicted molar refractivity (Wildman–Crippen MR) is 84.6 cm³/mol. The maximum atomic E-state index is 12.6. The number of amides is 1. The second kappa shape index (κ2) is 5.23. The molecule has 1 aliphatic heterocycles. The Balaban J connectivity index is 1.60. The summed E-state index contributed by atoms with van der Waals surface area (Å²) in [5, 5.41) is 3.00. The first-order valence-corrected chi connectivity index (χ1v) is 8.50. The van der Waals surface area contributed by atoms with E-state index in [4.69, 9.17) is 22.1 Å². The zero-order valence-electron chi connectivity index (χ0n) is 12.3. The molecule has 1 aliphatic carbocycles. The summed E-state index contributed by atoms with van der Waals surface area (Å²) in [7, 11) is 0. The lowest BCUT2D eigenvalue weighted by molar-refractivity contribution is -0.175. The topological polar surface area (TPSA) is 64.3 Å². The highest BCUT2D eigenvalue weighted by atomic mass is 35.5. The number of ether oxygens (including phenoxy) is 1. The van der Waals surface area contributed by atoms with Gasteiger partial charge in [0.2, 0.25) is 5.91 Å². The van der Waals surface area contributed by atoms with Gasteiger partial charge >= 0.3 is 0 Å². The molecule has 116 valence electrons. The standard InChI is InChI=1S/C15H21ClN2O2S/c1-14(2)12-10(6-8-20-12)15(14,17)13(19)18-7-5-9-3-4-11(16)21-9/h3-4,10,12H,5-8,17H2,1-2H3,(H,18,19). The summed E-state index contributed by atoms with van der Waals surface area (Å²) < 4.78 is 6.49. The minimum absolute atomic E-state index is 0.0538. The average Bonchev–Trinajstić information content (AvgIpc) is 3.05. The molecule has 1 aromatic heterocycles. The molecule has 3 atom stereocenters. The van der Waals surface area contributed by atoms with E-state index in [1.165, 1.54) is 4.88 Å². The summed E-state index contributed by atoms with van der Waals surface area (Å²) in [6.07, 6.45) is 1.77. The molecule has 2 aliphatic rings. The number of thiophene rings is 1. The van der Waals surface area contributed by atoms with E-state index >= 15 is 0 Å². The molecule has 4 nitrogen and oxygen atoms in total. The fourth-order valence-corrected chi connectivity index (χ4v) is 4.86. The summed E-state index contributed by atoms with van der Waals surface area (Å²) in [4.78, 5) is 13.8.